The molecule has 0 aromatic heterocycles. The number of hydrogen-bond donors (Lipinski definition) is 2. The molecule has 0 spiro atoms. The summed E-state index contributed by atoms with van der Waals surface area (Å²) < 4.78 is 13.4. The summed E-state index contributed by atoms with van der Waals surface area (Å²) in [4.78, 5) is 14.5. The fraction of sp³-hybridized carbons (Fsp3) is 0.500. The second-order valence-electron chi connectivity index (χ2n) is 5.05. The summed E-state index contributed by atoms with van der Waals surface area (Å²) in [6.07, 6.45) is 0.201. The number of fused-ring (bicyclic) bond motifs is 1. The molecule has 2 atom stereocenters. The summed E-state index contributed by atoms with van der Waals surface area (Å²) in [5.74, 6) is 0.604. The molecule has 0 saturated carbocycles. The minimum Gasteiger partial charge on any atom is -0.392 e. The summed E-state index contributed by atoms with van der Waals surface area (Å²) >= 11 is 1.68. The Hall–Kier alpha value is -1.27. The summed E-state index contributed by atoms with van der Waals surface area (Å²) in [7, 11) is 1.63. The molecule has 2 amide bonds. The molecule has 6 heteroatoms. The second kappa shape index (κ2) is 6.45. The Morgan fingerprint density at radius 1 is 1.65 bits per heavy atom. The number of aliphatic hydroxyl groups excluding tert-OH is 1. The van der Waals surface area contributed by atoms with Crippen LogP contribution in [0.2, 0.25) is 0 Å². The molecule has 0 fully saturated rings. The van der Waals surface area contributed by atoms with Crippen LogP contribution in [0.3, 0.4) is 0 Å². The number of hydrogen-bond acceptors (Lipinski definition) is 3. The van der Waals surface area contributed by atoms with Gasteiger partial charge in [0.2, 0.25) is 0 Å². The lowest BCUT2D eigenvalue weighted by Crippen LogP contribution is -2.42. The average Bonchev–Trinajstić information content (AvgIpc) is 2.38. The highest BCUT2D eigenvalue weighted by atomic mass is 32.2. The van der Waals surface area contributed by atoms with Crippen molar-refractivity contribution in [2.24, 2.45) is 0 Å². The van der Waals surface area contributed by atoms with Gasteiger partial charge in [-0.15, -0.1) is 11.8 Å². The summed E-state index contributed by atoms with van der Waals surface area (Å²) in [6, 6.07) is 4.26. The number of likely N-dealkylation sites (N-methyl/N-ethyl adjacent to an activating group) is 1. The number of carbonyl (C=O) groups is 1. The smallest absolute Gasteiger partial charge is 0.317 e. The van der Waals surface area contributed by atoms with Gasteiger partial charge in [0.05, 0.1) is 12.1 Å². The van der Waals surface area contributed by atoms with E-state index >= 15 is 0 Å². The van der Waals surface area contributed by atoms with Crippen molar-refractivity contribution in [3.05, 3.63) is 29.6 Å². The Labute approximate surface area is 122 Å². The van der Waals surface area contributed by atoms with Crippen molar-refractivity contribution in [3.63, 3.8) is 0 Å². The van der Waals surface area contributed by atoms with Gasteiger partial charge in [0.15, 0.2) is 0 Å². The first kappa shape index (κ1) is 15.1. The molecular weight excluding hydrogens is 279 g/mol. The van der Waals surface area contributed by atoms with Crippen molar-refractivity contribution >= 4 is 17.8 Å². The van der Waals surface area contributed by atoms with Gasteiger partial charge in [-0.05, 0) is 37.1 Å². The van der Waals surface area contributed by atoms with Gasteiger partial charge in [0, 0.05) is 24.2 Å². The van der Waals surface area contributed by atoms with Crippen LogP contribution in [0.5, 0.6) is 0 Å². The normalized spacial score (nSPS) is 19.1. The summed E-state index contributed by atoms with van der Waals surface area (Å²) in [5, 5.41) is 12.2. The maximum absolute atomic E-state index is 13.4. The van der Waals surface area contributed by atoms with Gasteiger partial charge in [-0.3, -0.25) is 0 Å². The summed E-state index contributed by atoms with van der Waals surface area (Å²) in [5.41, 5.74) is 0.833. The Balaban J connectivity index is 2.08. The van der Waals surface area contributed by atoms with Crippen molar-refractivity contribution in [3.8, 4) is 0 Å². The standard InChI is InChI=1S/C14H19FN2O2S/c1-9(18)8-17(2)14(19)16-12-5-6-20-13-4-3-10(15)7-11(12)13/h3-4,7,9,12,18H,5-6,8H2,1-2H3,(H,16,19). The van der Waals surface area contributed by atoms with E-state index in [0.29, 0.717) is 0 Å². The summed E-state index contributed by atoms with van der Waals surface area (Å²) in [6.45, 7) is 1.90. The fourth-order valence-corrected chi connectivity index (χ4v) is 3.36. The fourth-order valence-electron chi connectivity index (χ4n) is 2.25. The number of rotatable bonds is 3. The van der Waals surface area contributed by atoms with E-state index in [1.54, 1.807) is 31.8 Å². The highest BCUT2D eigenvalue weighted by molar-refractivity contribution is 7.99. The van der Waals surface area contributed by atoms with Crippen molar-refractivity contribution in [1.29, 1.82) is 0 Å². The van der Waals surface area contributed by atoms with Crippen LogP contribution in [0.4, 0.5) is 9.18 Å². The van der Waals surface area contributed by atoms with Crippen LogP contribution in [0.15, 0.2) is 23.1 Å². The average molecular weight is 298 g/mol. The predicted octanol–water partition coefficient (Wildman–Crippen LogP) is 2.38. The zero-order valence-corrected chi connectivity index (χ0v) is 12.4. The monoisotopic (exact) mass is 298 g/mol. The van der Waals surface area contributed by atoms with Gasteiger partial charge in [-0.25, -0.2) is 9.18 Å². The maximum Gasteiger partial charge on any atom is 0.317 e. The van der Waals surface area contributed by atoms with Crippen LogP contribution >= 0.6 is 11.8 Å². The van der Waals surface area contributed by atoms with E-state index < -0.39 is 6.10 Å². The van der Waals surface area contributed by atoms with E-state index in [4.69, 9.17) is 0 Å². The minimum atomic E-state index is -0.572. The van der Waals surface area contributed by atoms with E-state index in [1.165, 1.54) is 17.0 Å². The van der Waals surface area contributed by atoms with E-state index in [9.17, 15) is 14.3 Å². The first-order chi connectivity index (χ1) is 9.47. The van der Waals surface area contributed by atoms with E-state index in [-0.39, 0.29) is 24.4 Å². The highest BCUT2D eigenvalue weighted by Crippen LogP contribution is 2.36. The molecule has 0 aliphatic carbocycles. The van der Waals surface area contributed by atoms with Gasteiger partial charge >= 0.3 is 6.03 Å². The lowest BCUT2D eigenvalue weighted by atomic mass is 10.0. The molecule has 1 aromatic rings. The van der Waals surface area contributed by atoms with Gasteiger partial charge < -0.3 is 15.3 Å². The number of aliphatic hydroxyl groups is 1. The second-order valence-corrected chi connectivity index (χ2v) is 6.19. The topological polar surface area (TPSA) is 52.6 Å². The minimum absolute atomic E-state index is 0.175. The van der Waals surface area contributed by atoms with Gasteiger partial charge in [-0.1, -0.05) is 0 Å². The molecule has 0 radical (unpaired) electrons. The zero-order valence-electron chi connectivity index (χ0n) is 11.6. The van der Waals surface area contributed by atoms with Crippen molar-refractivity contribution in [2.75, 3.05) is 19.3 Å². The van der Waals surface area contributed by atoms with Gasteiger partial charge in [0.25, 0.3) is 0 Å². The lowest BCUT2D eigenvalue weighted by Gasteiger charge is -2.28. The predicted molar refractivity (Wildman–Crippen MR) is 77.3 cm³/mol. The largest absolute Gasteiger partial charge is 0.392 e. The molecule has 110 valence electrons. The Kier molecular flexibility index (Phi) is 4.88. The Bertz CT molecular complexity index is 496. The van der Waals surface area contributed by atoms with Crippen LogP contribution in [-0.4, -0.2) is 41.5 Å². The molecule has 2 unspecified atom stereocenters. The first-order valence-corrected chi connectivity index (χ1v) is 7.58. The SMILES string of the molecule is CC(O)CN(C)C(=O)NC1CCSc2ccc(F)cc21. The number of nitrogens with zero attached hydrogens (tertiary/aromatic N) is 1. The van der Waals surface area contributed by atoms with Crippen LogP contribution in [0, 0.1) is 5.82 Å². The van der Waals surface area contributed by atoms with E-state index in [0.717, 1.165) is 22.6 Å². The zero-order chi connectivity index (χ0) is 14.7. The number of thioether (sulfide) groups is 1. The van der Waals surface area contributed by atoms with Crippen LogP contribution in [0.25, 0.3) is 0 Å². The van der Waals surface area contributed by atoms with Crippen LogP contribution < -0.4 is 5.32 Å². The number of benzene rings is 1. The molecule has 1 aliphatic rings. The molecule has 2 N–H and O–H groups in total. The first-order valence-electron chi connectivity index (χ1n) is 6.59. The Morgan fingerprint density at radius 3 is 3.10 bits per heavy atom. The van der Waals surface area contributed by atoms with Crippen molar-refractivity contribution in [2.45, 2.75) is 30.4 Å². The molecule has 0 bridgehead atoms. The molecular formula is C14H19FN2O2S. The highest BCUT2D eigenvalue weighted by Gasteiger charge is 2.24. The lowest BCUT2D eigenvalue weighted by molar-refractivity contribution is 0.142. The molecule has 2 rings (SSSR count). The molecule has 4 nitrogen and oxygen atoms in total. The quantitative estimate of drug-likeness (QED) is 0.901. The Morgan fingerprint density at radius 2 is 2.40 bits per heavy atom. The third kappa shape index (κ3) is 3.64. The number of amides is 2. The van der Waals surface area contributed by atoms with Gasteiger partial charge in [0.1, 0.15) is 5.82 Å². The number of urea groups is 1. The van der Waals surface area contributed by atoms with Crippen molar-refractivity contribution < 1.29 is 14.3 Å². The van der Waals surface area contributed by atoms with E-state index in [1.807, 2.05) is 0 Å². The third-order valence-electron chi connectivity index (χ3n) is 3.19. The maximum atomic E-state index is 13.4. The molecule has 20 heavy (non-hydrogen) atoms. The third-order valence-corrected chi connectivity index (χ3v) is 4.32. The molecule has 0 saturated heterocycles. The number of carbonyl (C=O) groups excluding carboxylic acids is 1. The van der Waals surface area contributed by atoms with E-state index in [2.05, 4.69) is 5.32 Å². The molecule has 1 aromatic carbocycles. The van der Waals surface area contributed by atoms with Crippen LogP contribution in [0.1, 0.15) is 24.9 Å². The number of halogens is 1. The number of nitrogens with one attached hydrogen (secondary N) is 1. The molecule has 1 aliphatic heterocycles. The van der Waals surface area contributed by atoms with Crippen LogP contribution in [-0.2, 0) is 0 Å². The van der Waals surface area contributed by atoms with Crippen molar-refractivity contribution in [1.82, 2.24) is 10.2 Å². The molecule has 1 heterocycles. The van der Waals surface area contributed by atoms with Gasteiger partial charge in [-0.2, -0.15) is 0 Å².